The number of benzene rings is 1. The van der Waals surface area contributed by atoms with Gasteiger partial charge < -0.3 is 10.0 Å². The fraction of sp³-hybridized carbons (Fsp3) is 0.529. The van der Waals surface area contributed by atoms with Crippen LogP contribution in [0.3, 0.4) is 0 Å². The molecule has 2 rings (SSSR count). The van der Waals surface area contributed by atoms with E-state index in [9.17, 15) is 9.59 Å². The van der Waals surface area contributed by atoms with E-state index in [1.807, 2.05) is 34.1 Å². The number of carbonyl (C=O) groups is 2. The summed E-state index contributed by atoms with van der Waals surface area (Å²) in [5.41, 5.74) is 1.93. The first kappa shape index (κ1) is 16.5. The quantitative estimate of drug-likeness (QED) is 0.925. The molecule has 0 aliphatic carbocycles. The molecule has 0 bridgehead atoms. The van der Waals surface area contributed by atoms with E-state index in [0.717, 1.165) is 13.0 Å². The summed E-state index contributed by atoms with van der Waals surface area (Å²) in [6, 6.07) is 7.79. The average Bonchev–Trinajstić information content (AvgIpc) is 2.71. The van der Waals surface area contributed by atoms with Gasteiger partial charge in [-0.05, 0) is 30.0 Å². The normalized spacial score (nSPS) is 16.6. The van der Waals surface area contributed by atoms with Crippen molar-refractivity contribution in [1.29, 1.82) is 0 Å². The topological polar surface area (TPSA) is 60.9 Å². The third-order valence-electron chi connectivity index (χ3n) is 4.06. The van der Waals surface area contributed by atoms with E-state index in [0.29, 0.717) is 31.1 Å². The van der Waals surface area contributed by atoms with Crippen LogP contribution in [0.1, 0.15) is 42.1 Å². The molecule has 0 radical (unpaired) electrons. The molecule has 1 amide bonds. The minimum absolute atomic E-state index is 0.0347. The highest BCUT2D eigenvalue weighted by atomic mass is 16.4. The summed E-state index contributed by atoms with van der Waals surface area (Å²) in [4.78, 5) is 27.0. The zero-order chi connectivity index (χ0) is 16.1. The lowest BCUT2D eigenvalue weighted by atomic mass is 10.0. The van der Waals surface area contributed by atoms with Crippen LogP contribution in [0.4, 0.5) is 0 Å². The highest BCUT2D eigenvalue weighted by molar-refractivity contribution is 5.94. The number of carboxylic acid groups (broad SMARTS) is 1. The Balaban J connectivity index is 1.98. The minimum atomic E-state index is -0.816. The fourth-order valence-corrected chi connectivity index (χ4v) is 2.72. The first-order valence-electron chi connectivity index (χ1n) is 7.80. The number of hydrogen-bond acceptors (Lipinski definition) is 3. The van der Waals surface area contributed by atoms with Gasteiger partial charge in [0.15, 0.2) is 0 Å². The van der Waals surface area contributed by atoms with Crippen molar-refractivity contribution in [2.24, 2.45) is 0 Å². The van der Waals surface area contributed by atoms with Crippen molar-refractivity contribution in [3.63, 3.8) is 0 Å². The summed E-state index contributed by atoms with van der Waals surface area (Å²) in [5.74, 6) is -0.330. The van der Waals surface area contributed by atoms with Gasteiger partial charge in [0.2, 0.25) is 0 Å². The molecular weight excluding hydrogens is 280 g/mol. The Labute approximate surface area is 131 Å². The van der Waals surface area contributed by atoms with E-state index >= 15 is 0 Å². The molecule has 22 heavy (non-hydrogen) atoms. The number of nitrogens with zero attached hydrogens (tertiary/aromatic N) is 2. The number of carboxylic acids is 1. The molecule has 5 nitrogen and oxygen atoms in total. The Morgan fingerprint density at radius 2 is 1.77 bits per heavy atom. The van der Waals surface area contributed by atoms with Crippen LogP contribution >= 0.6 is 0 Å². The van der Waals surface area contributed by atoms with Crippen LogP contribution in [0.15, 0.2) is 24.3 Å². The molecule has 120 valence electrons. The van der Waals surface area contributed by atoms with Crippen LogP contribution in [0.5, 0.6) is 0 Å². The molecular formula is C17H24N2O3. The number of rotatable bonds is 4. The average molecular weight is 304 g/mol. The van der Waals surface area contributed by atoms with Gasteiger partial charge in [-0.25, -0.2) is 0 Å². The second kappa shape index (κ2) is 7.40. The molecule has 1 saturated heterocycles. The first-order valence-corrected chi connectivity index (χ1v) is 7.80. The fourth-order valence-electron chi connectivity index (χ4n) is 2.72. The minimum Gasteiger partial charge on any atom is -0.480 e. The van der Waals surface area contributed by atoms with Crippen molar-refractivity contribution in [2.75, 3.05) is 32.7 Å². The van der Waals surface area contributed by atoms with Gasteiger partial charge in [-0.15, -0.1) is 0 Å². The second-order valence-corrected chi connectivity index (χ2v) is 6.09. The largest absolute Gasteiger partial charge is 0.480 e. The molecule has 0 spiro atoms. The second-order valence-electron chi connectivity index (χ2n) is 6.09. The molecule has 1 aliphatic rings. The molecule has 1 N–H and O–H groups in total. The summed E-state index contributed by atoms with van der Waals surface area (Å²) in [7, 11) is 0. The zero-order valence-electron chi connectivity index (χ0n) is 13.3. The van der Waals surface area contributed by atoms with Crippen molar-refractivity contribution in [2.45, 2.75) is 26.2 Å². The third-order valence-corrected chi connectivity index (χ3v) is 4.06. The summed E-state index contributed by atoms with van der Waals surface area (Å²) >= 11 is 0. The van der Waals surface area contributed by atoms with Crippen LogP contribution in [0.25, 0.3) is 0 Å². The lowest BCUT2D eigenvalue weighted by Gasteiger charge is -2.21. The van der Waals surface area contributed by atoms with Gasteiger partial charge in [0.1, 0.15) is 0 Å². The monoisotopic (exact) mass is 304 g/mol. The van der Waals surface area contributed by atoms with E-state index in [1.165, 1.54) is 5.56 Å². The van der Waals surface area contributed by atoms with Crippen molar-refractivity contribution in [3.05, 3.63) is 35.4 Å². The van der Waals surface area contributed by atoms with Crippen molar-refractivity contribution < 1.29 is 14.7 Å². The van der Waals surface area contributed by atoms with Gasteiger partial charge in [0, 0.05) is 31.7 Å². The predicted octanol–water partition coefficient (Wildman–Crippen LogP) is 2.04. The maximum atomic E-state index is 12.6. The Bertz CT molecular complexity index is 525. The molecule has 0 saturated carbocycles. The zero-order valence-corrected chi connectivity index (χ0v) is 13.3. The summed E-state index contributed by atoms with van der Waals surface area (Å²) in [6.45, 7) is 6.90. The smallest absolute Gasteiger partial charge is 0.317 e. The van der Waals surface area contributed by atoms with Crippen LogP contribution in [0, 0.1) is 0 Å². The molecule has 0 atom stereocenters. The number of amides is 1. The van der Waals surface area contributed by atoms with Gasteiger partial charge in [-0.2, -0.15) is 0 Å². The van der Waals surface area contributed by atoms with E-state index in [-0.39, 0.29) is 12.5 Å². The third kappa shape index (κ3) is 4.31. The van der Waals surface area contributed by atoms with E-state index in [2.05, 4.69) is 13.8 Å². The van der Waals surface area contributed by atoms with Crippen molar-refractivity contribution >= 4 is 11.9 Å². The maximum absolute atomic E-state index is 12.6. The van der Waals surface area contributed by atoms with E-state index in [4.69, 9.17) is 5.11 Å². The van der Waals surface area contributed by atoms with Crippen molar-refractivity contribution in [1.82, 2.24) is 9.80 Å². The molecule has 1 aliphatic heterocycles. The summed E-state index contributed by atoms with van der Waals surface area (Å²) in [5, 5.41) is 8.86. The van der Waals surface area contributed by atoms with Crippen LogP contribution < -0.4 is 0 Å². The molecule has 0 aromatic heterocycles. The predicted molar refractivity (Wildman–Crippen MR) is 85.1 cm³/mol. The van der Waals surface area contributed by atoms with E-state index < -0.39 is 5.97 Å². The van der Waals surface area contributed by atoms with Crippen LogP contribution in [-0.4, -0.2) is 59.5 Å². The Morgan fingerprint density at radius 3 is 2.36 bits per heavy atom. The van der Waals surface area contributed by atoms with Crippen LogP contribution in [-0.2, 0) is 4.79 Å². The summed E-state index contributed by atoms with van der Waals surface area (Å²) < 4.78 is 0. The lowest BCUT2D eigenvalue weighted by Crippen LogP contribution is -2.36. The Kier molecular flexibility index (Phi) is 5.55. The molecule has 0 unspecified atom stereocenters. The van der Waals surface area contributed by atoms with Crippen LogP contribution in [0.2, 0.25) is 0 Å². The van der Waals surface area contributed by atoms with Gasteiger partial charge >= 0.3 is 5.97 Å². The number of carbonyl (C=O) groups excluding carboxylic acids is 1. The van der Waals surface area contributed by atoms with Gasteiger partial charge in [-0.1, -0.05) is 26.0 Å². The number of hydrogen-bond donors (Lipinski definition) is 1. The molecule has 1 aromatic rings. The first-order chi connectivity index (χ1) is 10.5. The van der Waals surface area contributed by atoms with E-state index in [1.54, 1.807) is 0 Å². The molecule has 1 fully saturated rings. The van der Waals surface area contributed by atoms with Crippen molar-refractivity contribution in [3.8, 4) is 0 Å². The molecule has 1 aromatic carbocycles. The lowest BCUT2D eigenvalue weighted by molar-refractivity contribution is -0.138. The molecule has 5 heteroatoms. The molecule has 1 heterocycles. The number of aliphatic carboxylic acids is 1. The highest BCUT2D eigenvalue weighted by Crippen LogP contribution is 2.16. The maximum Gasteiger partial charge on any atom is 0.317 e. The standard InChI is InChI=1S/C17H24N2O3/c1-13(2)14-4-6-15(7-5-14)17(22)19-9-3-8-18(10-11-19)12-16(20)21/h4-7,13H,3,8-12H2,1-2H3,(H,20,21). The Morgan fingerprint density at radius 1 is 1.09 bits per heavy atom. The van der Waals surface area contributed by atoms with Gasteiger partial charge in [0.25, 0.3) is 5.91 Å². The van der Waals surface area contributed by atoms with Gasteiger partial charge in [0.05, 0.1) is 6.54 Å². The summed E-state index contributed by atoms with van der Waals surface area (Å²) in [6.07, 6.45) is 0.809. The van der Waals surface area contributed by atoms with Gasteiger partial charge in [-0.3, -0.25) is 14.5 Å². The highest BCUT2D eigenvalue weighted by Gasteiger charge is 2.21. The Hall–Kier alpha value is -1.88. The SMILES string of the molecule is CC(C)c1ccc(C(=O)N2CCCN(CC(=O)O)CC2)cc1.